The van der Waals surface area contributed by atoms with Crippen LogP contribution < -0.4 is 10.6 Å². The molecule has 0 aliphatic carbocycles. The summed E-state index contributed by atoms with van der Waals surface area (Å²) in [7, 11) is 2.08. The van der Waals surface area contributed by atoms with E-state index in [0.717, 1.165) is 37.3 Å². The number of carbonyl (C=O) groups excluding carboxylic acids is 2. The van der Waals surface area contributed by atoms with Crippen molar-refractivity contribution in [2.45, 2.75) is 12.5 Å². The van der Waals surface area contributed by atoms with Gasteiger partial charge in [-0.25, -0.2) is 4.39 Å². The minimum atomic E-state index is -0.649. The second kappa shape index (κ2) is 10.8. The van der Waals surface area contributed by atoms with Crippen molar-refractivity contribution in [2.75, 3.05) is 46.3 Å². The number of rotatable bonds is 7. The van der Waals surface area contributed by atoms with E-state index >= 15 is 0 Å². The molecule has 1 fully saturated rings. The third kappa shape index (κ3) is 6.37. The van der Waals surface area contributed by atoms with E-state index in [1.165, 1.54) is 12.1 Å². The zero-order valence-corrected chi connectivity index (χ0v) is 17.3. The van der Waals surface area contributed by atoms with Gasteiger partial charge in [-0.15, -0.1) is 0 Å². The van der Waals surface area contributed by atoms with Gasteiger partial charge in [0.05, 0.1) is 6.04 Å². The average molecular weight is 413 g/mol. The second-order valence-electron chi connectivity index (χ2n) is 7.61. The van der Waals surface area contributed by atoms with Crippen LogP contribution in [-0.4, -0.2) is 67.9 Å². The van der Waals surface area contributed by atoms with Crippen LogP contribution in [0, 0.1) is 5.82 Å². The highest BCUT2D eigenvalue weighted by Crippen LogP contribution is 2.22. The molecule has 2 amide bonds. The van der Waals surface area contributed by atoms with Crippen LogP contribution in [0.15, 0.2) is 54.6 Å². The lowest BCUT2D eigenvalue weighted by Crippen LogP contribution is -2.49. The van der Waals surface area contributed by atoms with Gasteiger partial charge in [0.1, 0.15) is 5.82 Å². The number of nitrogens with one attached hydrogen (secondary N) is 2. The third-order valence-electron chi connectivity index (χ3n) is 5.44. The van der Waals surface area contributed by atoms with E-state index in [2.05, 4.69) is 27.5 Å². The lowest BCUT2D eigenvalue weighted by molar-refractivity contribution is -0.139. The number of benzene rings is 2. The summed E-state index contributed by atoms with van der Waals surface area (Å²) in [4.78, 5) is 29.0. The molecule has 0 unspecified atom stereocenters. The van der Waals surface area contributed by atoms with E-state index in [1.54, 1.807) is 12.1 Å². The van der Waals surface area contributed by atoms with Crippen molar-refractivity contribution >= 4 is 11.8 Å². The monoisotopic (exact) mass is 412 g/mol. The van der Waals surface area contributed by atoms with Crippen LogP contribution in [-0.2, 0) is 16.0 Å². The fourth-order valence-electron chi connectivity index (χ4n) is 3.59. The highest BCUT2D eigenvalue weighted by molar-refractivity contribution is 6.35. The normalized spacial score (nSPS) is 16.1. The van der Waals surface area contributed by atoms with Gasteiger partial charge in [-0.2, -0.15) is 0 Å². The summed E-state index contributed by atoms with van der Waals surface area (Å²) in [5, 5.41) is 5.42. The van der Waals surface area contributed by atoms with Gasteiger partial charge in [-0.3, -0.25) is 14.5 Å². The van der Waals surface area contributed by atoms with E-state index in [4.69, 9.17) is 0 Å². The first kappa shape index (κ1) is 21.9. The number of carbonyl (C=O) groups is 2. The molecule has 1 atom stereocenters. The van der Waals surface area contributed by atoms with Gasteiger partial charge in [0, 0.05) is 39.3 Å². The predicted molar refractivity (Wildman–Crippen MR) is 114 cm³/mol. The number of piperazine rings is 1. The smallest absolute Gasteiger partial charge is 0.309 e. The van der Waals surface area contributed by atoms with E-state index in [1.807, 2.05) is 30.3 Å². The van der Waals surface area contributed by atoms with Crippen molar-refractivity contribution in [3.05, 3.63) is 71.5 Å². The van der Waals surface area contributed by atoms with Gasteiger partial charge in [0.15, 0.2) is 0 Å². The number of hydrogen-bond acceptors (Lipinski definition) is 4. The molecule has 160 valence electrons. The van der Waals surface area contributed by atoms with Gasteiger partial charge in [-0.1, -0.05) is 42.5 Å². The number of amides is 2. The van der Waals surface area contributed by atoms with Gasteiger partial charge >= 0.3 is 11.8 Å². The first-order chi connectivity index (χ1) is 14.5. The van der Waals surface area contributed by atoms with Gasteiger partial charge in [-0.05, 0) is 36.7 Å². The molecule has 0 radical (unpaired) electrons. The molecule has 7 heteroatoms. The molecular weight excluding hydrogens is 383 g/mol. The zero-order valence-electron chi connectivity index (χ0n) is 17.3. The minimum Gasteiger partial charge on any atom is -0.348 e. The average Bonchev–Trinajstić information content (AvgIpc) is 2.76. The Hall–Kier alpha value is -2.77. The lowest BCUT2D eigenvalue weighted by Gasteiger charge is -2.38. The predicted octanol–water partition coefficient (Wildman–Crippen LogP) is 1.59. The van der Waals surface area contributed by atoms with Crippen molar-refractivity contribution in [1.29, 1.82) is 0 Å². The summed E-state index contributed by atoms with van der Waals surface area (Å²) in [6.45, 7) is 4.23. The Labute approximate surface area is 177 Å². The fraction of sp³-hybridized carbons (Fsp3) is 0.391. The van der Waals surface area contributed by atoms with Crippen molar-refractivity contribution in [2.24, 2.45) is 0 Å². The van der Waals surface area contributed by atoms with E-state index in [9.17, 15) is 14.0 Å². The van der Waals surface area contributed by atoms with E-state index < -0.39 is 11.8 Å². The summed E-state index contributed by atoms with van der Waals surface area (Å²) in [6, 6.07) is 16.0. The standard InChI is InChI=1S/C23H29FN4O2/c1-27-13-15-28(16-14-27)21(19-7-9-20(24)10-8-19)17-26-23(30)22(29)25-12-11-18-5-3-2-4-6-18/h2-10,21H,11-17H2,1H3,(H,25,29)(H,26,30)/t21-/m1/s1. The van der Waals surface area contributed by atoms with Crippen LogP contribution in [0.25, 0.3) is 0 Å². The van der Waals surface area contributed by atoms with Crippen molar-refractivity contribution in [3.63, 3.8) is 0 Å². The zero-order chi connectivity index (χ0) is 21.3. The Kier molecular flexibility index (Phi) is 7.93. The maximum absolute atomic E-state index is 13.4. The lowest BCUT2D eigenvalue weighted by atomic mass is 10.0. The SMILES string of the molecule is CN1CCN([C@H](CNC(=O)C(=O)NCCc2ccccc2)c2ccc(F)cc2)CC1. The van der Waals surface area contributed by atoms with E-state index in [-0.39, 0.29) is 11.9 Å². The molecule has 1 saturated heterocycles. The fourth-order valence-corrected chi connectivity index (χ4v) is 3.59. The molecule has 2 aromatic carbocycles. The van der Waals surface area contributed by atoms with Gasteiger partial charge in [0.2, 0.25) is 0 Å². The Bertz CT molecular complexity index is 821. The molecule has 2 N–H and O–H groups in total. The molecule has 30 heavy (non-hydrogen) atoms. The summed E-state index contributed by atoms with van der Waals surface area (Å²) < 4.78 is 13.4. The van der Waals surface area contributed by atoms with E-state index in [0.29, 0.717) is 19.5 Å². The van der Waals surface area contributed by atoms with Crippen LogP contribution in [0.2, 0.25) is 0 Å². The number of halogens is 1. The molecule has 1 heterocycles. The molecule has 0 bridgehead atoms. The molecule has 0 aromatic heterocycles. The minimum absolute atomic E-state index is 0.111. The summed E-state index contributed by atoms with van der Waals surface area (Å²) in [6.07, 6.45) is 0.666. The summed E-state index contributed by atoms with van der Waals surface area (Å²) in [5.74, 6) is -1.58. The Balaban J connectivity index is 1.54. The first-order valence-corrected chi connectivity index (χ1v) is 10.3. The van der Waals surface area contributed by atoms with Crippen molar-refractivity contribution < 1.29 is 14.0 Å². The Morgan fingerprint density at radius 3 is 2.23 bits per heavy atom. The van der Waals surface area contributed by atoms with Crippen LogP contribution in [0.5, 0.6) is 0 Å². The topological polar surface area (TPSA) is 64.7 Å². The maximum Gasteiger partial charge on any atom is 0.309 e. The van der Waals surface area contributed by atoms with Crippen LogP contribution >= 0.6 is 0 Å². The van der Waals surface area contributed by atoms with Crippen molar-refractivity contribution in [1.82, 2.24) is 20.4 Å². The van der Waals surface area contributed by atoms with Gasteiger partial charge < -0.3 is 15.5 Å². The van der Waals surface area contributed by atoms with Crippen LogP contribution in [0.1, 0.15) is 17.2 Å². The third-order valence-corrected chi connectivity index (χ3v) is 5.44. The molecule has 0 spiro atoms. The quantitative estimate of drug-likeness (QED) is 0.678. The highest BCUT2D eigenvalue weighted by Gasteiger charge is 2.25. The number of nitrogens with zero attached hydrogens (tertiary/aromatic N) is 2. The van der Waals surface area contributed by atoms with Crippen LogP contribution in [0.3, 0.4) is 0 Å². The first-order valence-electron chi connectivity index (χ1n) is 10.3. The Morgan fingerprint density at radius 2 is 1.57 bits per heavy atom. The number of likely N-dealkylation sites (N-methyl/N-ethyl adjacent to an activating group) is 1. The summed E-state index contributed by atoms with van der Waals surface area (Å²) >= 11 is 0. The molecule has 6 nitrogen and oxygen atoms in total. The van der Waals surface area contributed by atoms with Gasteiger partial charge in [0.25, 0.3) is 0 Å². The molecule has 0 saturated carbocycles. The maximum atomic E-state index is 13.4. The second-order valence-corrected chi connectivity index (χ2v) is 7.61. The molecule has 3 rings (SSSR count). The Morgan fingerprint density at radius 1 is 0.933 bits per heavy atom. The molecule has 1 aliphatic heterocycles. The molecule has 1 aliphatic rings. The molecular formula is C23H29FN4O2. The number of hydrogen-bond donors (Lipinski definition) is 2. The van der Waals surface area contributed by atoms with Crippen LogP contribution in [0.4, 0.5) is 4.39 Å². The van der Waals surface area contributed by atoms with Crippen molar-refractivity contribution in [3.8, 4) is 0 Å². The largest absolute Gasteiger partial charge is 0.348 e. The molecule has 2 aromatic rings. The summed E-state index contributed by atoms with van der Waals surface area (Å²) in [5.41, 5.74) is 2.02. The highest BCUT2D eigenvalue weighted by atomic mass is 19.1.